The van der Waals surface area contributed by atoms with Gasteiger partial charge in [0.25, 0.3) is 0 Å². The van der Waals surface area contributed by atoms with Gasteiger partial charge in [-0.1, -0.05) is 18.2 Å². The molecule has 14 heavy (non-hydrogen) atoms. The summed E-state index contributed by atoms with van der Waals surface area (Å²) in [6, 6.07) is 9.14. The Hall–Kier alpha value is -1.90. The Balaban J connectivity index is 2.59. The lowest BCUT2D eigenvalue weighted by atomic mass is 10.1. The van der Waals surface area contributed by atoms with Crippen LogP contribution >= 0.6 is 0 Å². The van der Waals surface area contributed by atoms with Crippen molar-refractivity contribution in [1.82, 2.24) is 4.98 Å². The third-order valence-corrected chi connectivity index (χ3v) is 1.96. The summed E-state index contributed by atoms with van der Waals surface area (Å²) in [7, 11) is 0. The van der Waals surface area contributed by atoms with E-state index in [1.807, 2.05) is 24.3 Å². The van der Waals surface area contributed by atoms with Crippen LogP contribution in [0, 0.1) is 6.42 Å². The number of fused-ring (bicyclic) bond motifs is 1. The number of hydrogen-bond acceptors (Lipinski definition) is 2. The number of nitrogens with zero attached hydrogens (tertiary/aromatic N) is 1. The lowest BCUT2D eigenvalue weighted by Gasteiger charge is -2.01. The maximum Gasteiger partial charge on any atom is 0.312 e. The Morgan fingerprint density at radius 3 is 2.86 bits per heavy atom. The van der Waals surface area contributed by atoms with Crippen molar-refractivity contribution in [2.24, 2.45) is 0 Å². The van der Waals surface area contributed by atoms with Crippen LogP contribution in [0.25, 0.3) is 10.9 Å². The van der Waals surface area contributed by atoms with Gasteiger partial charge < -0.3 is 5.11 Å². The van der Waals surface area contributed by atoms with Crippen LogP contribution in [0.5, 0.6) is 0 Å². The van der Waals surface area contributed by atoms with Crippen LogP contribution in [0.3, 0.4) is 0 Å². The Morgan fingerprint density at radius 1 is 1.29 bits per heavy atom. The van der Waals surface area contributed by atoms with Crippen LogP contribution in [0.15, 0.2) is 36.5 Å². The van der Waals surface area contributed by atoms with Crippen molar-refractivity contribution < 1.29 is 9.90 Å². The van der Waals surface area contributed by atoms with Crippen LogP contribution in [0.2, 0.25) is 0 Å². The number of hydrogen-bond donors (Lipinski definition) is 1. The summed E-state index contributed by atoms with van der Waals surface area (Å²) in [6.45, 7) is 0. The van der Waals surface area contributed by atoms with Gasteiger partial charge in [-0.25, -0.2) is 0 Å². The van der Waals surface area contributed by atoms with Crippen LogP contribution < -0.4 is 0 Å². The number of carboxylic acids is 1. The molecule has 1 N–H and O–H groups in total. The van der Waals surface area contributed by atoms with Crippen LogP contribution in [0.4, 0.5) is 0 Å². The molecule has 3 nitrogen and oxygen atoms in total. The molecule has 0 atom stereocenters. The Kier molecular flexibility index (Phi) is 2.14. The average molecular weight is 186 g/mol. The van der Waals surface area contributed by atoms with Gasteiger partial charge in [-0.05, 0) is 17.7 Å². The minimum atomic E-state index is -0.943. The highest BCUT2D eigenvalue weighted by molar-refractivity contribution is 5.91. The first-order valence-corrected chi connectivity index (χ1v) is 4.19. The van der Waals surface area contributed by atoms with Gasteiger partial charge in [0, 0.05) is 11.6 Å². The lowest BCUT2D eigenvalue weighted by molar-refractivity contribution is -0.132. The highest BCUT2D eigenvalue weighted by Crippen LogP contribution is 2.17. The zero-order valence-corrected chi connectivity index (χ0v) is 7.34. The topological polar surface area (TPSA) is 50.2 Å². The number of pyridine rings is 1. The molecule has 0 saturated carbocycles. The van der Waals surface area contributed by atoms with Gasteiger partial charge in [-0.15, -0.1) is 0 Å². The fourth-order valence-corrected chi connectivity index (χ4v) is 1.38. The molecule has 0 saturated heterocycles. The molecule has 1 radical (unpaired) electrons. The largest absolute Gasteiger partial charge is 0.481 e. The number of aliphatic carboxylic acids is 1. The monoisotopic (exact) mass is 186 g/mol. The number of carboxylic acid groups (broad SMARTS) is 1. The molecular weight excluding hydrogens is 178 g/mol. The first-order chi connectivity index (χ1) is 6.77. The number of benzene rings is 1. The normalized spacial score (nSPS) is 10.3. The highest BCUT2D eigenvalue weighted by Gasteiger charge is 2.05. The second-order valence-electron chi connectivity index (χ2n) is 2.90. The summed E-state index contributed by atoms with van der Waals surface area (Å²) in [5.74, 6) is -0.943. The number of aromatic nitrogens is 1. The SMILES string of the molecule is O=C(O)[CH]c1ccnc2ccccc12. The fraction of sp³-hybridized carbons (Fsp3) is 0. The molecule has 0 bridgehead atoms. The fourth-order valence-electron chi connectivity index (χ4n) is 1.38. The van der Waals surface area contributed by atoms with E-state index in [9.17, 15) is 4.79 Å². The molecule has 0 unspecified atom stereocenters. The van der Waals surface area contributed by atoms with Crippen molar-refractivity contribution >= 4 is 16.9 Å². The van der Waals surface area contributed by atoms with Gasteiger partial charge in [0.15, 0.2) is 0 Å². The third-order valence-electron chi connectivity index (χ3n) is 1.96. The molecule has 2 rings (SSSR count). The smallest absolute Gasteiger partial charge is 0.312 e. The zero-order chi connectivity index (χ0) is 9.97. The molecule has 1 heterocycles. The van der Waals surface area contributed by atoms with Crippen molar-refractivity contribution in [3.05, 3.63) is 48.5 Å². The van der Waals surface area contributed by atoms with Gasteiger partial charge in [0.05, 0.1) is 11.9 Å². The van der Waals surface area contributed by atoms with E-state index in [0.29, 0.717) is 5.56 Å². The molecule has 1 aromatic carbocycles. The minimum absolute atomic E-state index is 0.683. The molecule has 0 aliphatic rings. The molecule has 0 fully saturated rings. The van der Waals surface area contributed by atoms with Gasteiger partial charge >= 0.3 is 5.97 Å². The molecule has 0 spiro atoms. The van der Waals surface area contributed by atoms with E-state index < -0.39 is 5.97 Å². The Morgan fingerprint density at radius 2 is 2.07 bits per heavy atom. The molecule has 69 valence electrons. The van der Waals surface area contributed by atoms with Crippen LogP contribution in [-0.4, -0.2) is 16.1 Å². The molecule has 0 aliphatic heterocycles. The lowest BCUT2D eigenvalue weighted by Crippen LogP contribution is -1.97. The predicted molar refractivity (Wildman–Crippen MR) is 52.8 cm³/mol. The van der Waals surface area contributed by atoms with E-state index in [4.69, 9.17) is 5.11 Å². The second-order valence-corrected chi connectivity index (χ2v) is 2.90. The molecule has 3 heteroatoms. The average Bonchev–Trinajstić information content (AvgIpc) is 2.18. The van der Waals surface area contributed by atoms with Crippen molar-refractivity contribution in [1.29, 1.82) is 0 Å². The summed E-state index contributed by atoms with van der Waals surface area (Å²) in [5, 5.41) is 9.51. The van der Waals surface area contributed by atoms with E-state index in [1.54, 1.807) is 12.3 Å². The summed E-state index contributed by atoms with van der Waals surface area (Å²) in [6.07, 6.45) is 2.79. The first kappa shape index (κ1) is 8.69. The highest BCUT2D eigenvalue weighted by atomic mass is 16.4. The standard InChI is InChI=1S/C11H8NO2/c13-11(14)7-8-5-6-12-10-4-2-1-3-9(8)10/h1-7H,(H,13,14). The second kappa shape index (κ2) is 3.46. The van der Waals surface area contributed by atoms with E-state index in [0.717, 1.165) is 10.9 Å². The first-order valence-electron chi connectivity index (χ1n) is 4.19. The van der Waals surface area contributed by atoms with E-state index in [-0.39, 0.29) is 0 Å². The summed E-state index contributed by atoms with van der Waals surface area (Å²) >= 11 is 0. The Bertz CT molecular complexity index is 474. The van der Waals surface area contributed by atoms with Crippen molar-refractivity contribution in [2.45, 2.75) is 0 Å². The molecule has 2 aromatic rings. The quantitative estimate of drug-likeness (QED) is 0.778. The van der Waals surface area contributed by atoms with Crippen molar-refractivity contribution in [2.75, 3.05) is 0 Å². The minimum Gasteiger partial charge on any atom is -0.481 e. The molecule has 1 aromatic heterocycles. The maximum atomic E-state index is 10.5. The zero-order valence-electron chi connectivity index (χ0n) is 7.34. The molecule has 0 aliphatic carbocycles. The number of carbonyl (C=O) groups is 1. The third kappa shape index (κ3) is 1.57. The van der Waals surface area contributed by atoms with Gasteiger partial charge in [-0.3, -0.25) is 9.78 Å². The predicted octanol–water partition coefficient (Wildman–Crippen LogP) is 1.87. The van der Waals surface area contributed by atoms with Crippen LogP contribution in [0.1, 0.15) is 5.56 Å². The molecule has 0 amide bonds. The van der Waals surface area contributed by atoms with E-state index in [2.05, 4.69) is 4.98 Å². The van der Waals surface area contributed by atoms with Crippen molar-refractivity contribution in [3.63, 3.8) is 0 Å². The number of para-hydroxylation sites is 1. The van der Waals surface area contributed by atoms with Crippen LogP contribution in [-0.2, 0) is 4.79 Å². The number of rotatable bonds is 2. The summed E-state index contributed by atoms with van der Waals surface area (Å²) < 4.78 is 0. The maximum absolute atomic E-state index is 10.5. The van der Waals surface area contributed by atoms with Gasteiger partial charge in [0.2, 0.25) is 0 Å². The van der Waals surface area contributed by atoms with Gasteiger partial charge in [0.1, 0.15) is 0 Å². The summed E-state index contributed by atoms with van der Waals surface area (Å²) in [5.41, 5.74) is 1.49. The van der Waals surface area contributed by atoms with Crippen molar-refractivity contribution in [3.8, 4) is 0 Å². The molecular formula is C11H8NO2. The van der Waals surface area contributed by atoms with E-state index >= 15 is 0 Å². The summed E-state index contributed by atoms with van der Waals surface area (Å²) in [4.78, 5) is 14.7. The van der Waals surface area contributed by atoms with E-state index in [1.165, 1.54) is 6.42 Å². The Labute approximate surface area is 81.0 Å². The van der Waals surface area contributed by atoms with Gasteiger partial charge in [-0.2, -0.15) is 0 Å².